The summed E-state index contributed by atoms with van der Waals surface area (Å²) in [6.07, 6.45) is 5.42. The van der Waals surface area contributed by atoms with Crippen LogP contribution in [0.2, 0.25) is 0 Å². The lowest BCUT2D eigenvalue weighted by molar-refractivity contribution is -0.139. The fraction of sp³-hybridized carbons (Fsp3) is 0.379. The maximum absolute atomic E-state index is 13.4. The molecule has 2 aliphatic heterocycles. The van der Waals surface area contributed by atoms with E-state index in [2.05, 4.69) is 12.2 Å². The molecule has 0 aromatic heterocycles. The quantitative estimate of drug-likeness (QED) is 0.277. The number of imide groups is 1. The third-order valence-electron chi connectivity index (χ3n) is 8.89. The highest BCUT2D eigenvalue weighted by Crippen LogP contribution is 2.65. The van der Waals surface area contributed by atoms with Gasteiger partial charge in [0.05, 0.1) is 23.4 Å². The van der Waals surface area contributed by atoms with Crippen molar-refractivity contribution in [1.29, 1.82) is 0 Å². The van der Waals surface area contributed by atoms with Crippen LogP contribution in [-0.4, -0.2) is 30.2 Å². The van der Waals surface area contributed by atoms with Gasteiger partial charge in [-0.05, 0) is 85.0 Å². The minimum absolute atomic E-state index is 0.00515. The Morgan fingerprint density at radius 2 is 1.59 bits per heavy atom. The van der Waals surface area contributed by atoms with Crippen molar-refractivity contribution in [3.05, 3.63) is 66.0 Å². The van der Waals surface area contributed by atoms with E-state index >= 15 is 0 Å². The normalized spacial score (nSPS) is 33.1. The molecule has 2 bridgehead atoms. The Labute approximate surface area is 212 Å². The predicted molar refractivity (Wildman–Crippen MR) is 131 cm³/mol. The van der Waals surface area contributed by atoms with Gasteiger partial charge in [0.15, 0.2) is 0 Å². The zero-order valence-corrected chi connectivity index (χ0v) is 20.2. The van der Waals surface area contributed by atoms with Crippen LogP contribution in [0.3, 0.4) is 0 Å². The molecular formula is C29H25FN2O5. The van der Waals surface area contributed by atoms with Gasteiger partial charge in [0, 0.05) is 18.7 Å². The molecule has 0 N–H and O–H groups in total. The first-order valence-electron chi connectivity index (χ1n) is 12.8. The van der Waals surface area contributed by atoms with Crippen LogP contribution in [-0.2, 0) is 19.2 Å². The third kappa shape index (κ3) is 3.31. The Kier molecular flexibility index (Phi) is 4.75. The van der Waals surface area contributed by atoms with Gasteiger partial charge in [0.2, 0.25) is 17.7 Å². The number of hydrogen-bond donors (Lipinski definition) is 0. The van der Waals surface area contributed by atoms with Crippen molar-refractivity contribution in [3.63, 3.8) is 0 Å². The maximum Gasteiger partial charge on any atom is 0.316 e. The second kappa shape index (κ2) is 7.84. The lowest BCUT2D eigenvalue weighted by Crippen LogP contribution is -2.40. The van der Waals surface area contributed by atoms with Crippen molar-refractivity contribution in [3.8, 4) is 5.75 Å². The monoisotopic (exact) mass is 500 g/mol. The topological polar surface area (TPSA) is 84.0 Å². The summed E-state index contributed by atoms with van der Waals surface area (Å²) >= 11 is 0. The number of carbonyl (C=O) groups is 4. The van der Waals surface area contributed by atoms with Gasteiger partial charge in [0.25, 0.3) is 0 Å². The lowest BCUT2D eigenvalue weighted by atomic mass is 9.63. The number of halogens is 1. The fourth-order valence-corrected chi connectivity index (χ4v) is 7.07. The van der Waals surface area contributed by atoms with Crippen LogP contribution in [0, 0.1) is 54.2 Å². The minimum atomic E-state index is -0.656. The zero-order chi connectivity index (χ0) is 25.6. The molecule has 188 valence electrons. The average Bonchev–Trinajstić information content (AvgIpc) is 3.56. The zero-order valence-electron chi connectivity index (χ0n) is 20.2. The molecule has 2 aromatic carbocycles. The summed E-state index contributed by atoms with van der Waals surface area (Å²) in [6.45, 7) is 1.94. The summed E-state index contributed by atoms with van der Waals surface area (Å²) in [6, 6.07) is 10.4. The summed E-state index contributed by atoms with van der Waals surface area (Å²) < 4.78 is 18.8. The molecule has 4 fully saturated rings. The molecule has 2 saturated heterocycles. The molecule has 3 amide bonds. The molecule has 2 saturated carbocycles. The van der Waals surface area contributed by atoms with Crippen molar-refractivity contribution in [1.82, 2.24) is 0 Å². The van der Waals surface area contributed by atoms with Crippen LogP contribution in [0.15, 0.2) is 54.6 Å². The van der Waals surface area contributed by atoms with E-state index in [1.54, 1.807) is 25.1 Å². The van der Waals surface area contributed by atoms with E-state index in [1.165, 1.54) is 34.1 Å². The number of benzene rings is 2. The van der Waals surface area contributed by atoms with Crippen molar-refractivity contribution < 1.29 is 28.3 Å². The molecule has 0 spiro atoms. The first-order valence-corrected chi connectivity index (χ1v) is 12.8. The number of nitrogens with zero attached hydrogens (tertiary/aromatic N) is 2. The second-order valence-corrected chi connectivity index (χ2v) is 10.9. The number of rotatable bonds is 4. The van der Waals surface area contributed by atoms with Crippen LogP contribution in [0.1, 0.15) is 18.4 Å². The molecular weight excluding hydrogens is 475 g/mol. The number of allylic oxidation sites excluding steroid dienone is 2. The summed E-state index contributed by atoms with van der Waals surface area (Å²) in [7, 11) is 0. The van der Waals surface area contributed by atoms with Gasteiger partial charge in [0.1, 0.15) is 11.6 Å². The van der Waals surface area contributed by atoms with Gasteiger partial charge in [-0.2, -0.15) is 0 Å². The minimum Gasteiger partial charge on any atom is -0.426 e. The summed E-state index contributed by atoms with van der Waals surface area (Å²) in [4.78, 5) is 54.9. The van der Waals surface area contributed by atoms with E-state index in [0.717, 1.165) is 6.42 Å². The smallest absolute Gasteiger partial charge is 0.316 e. The SMILES string of the molecule is Cc1cc(OC(=O)[C@@H]2CC(=O)N(c3ccc(F)cc3)C2)ccc1N1C(=O)[C@@H]2[C@H]3C=C[C@@H]([C@@H]4C[C@@H]34)[C@H]2C1=O. The molecule has 4 aliphatic carbocycles. The van der Waals surface area contributed by atoms with Crippen LogP contribution in [0.25, 0.3) is 0 Å². The number of carbonyl (C=O) groups excluding carboxylic acids is 4. The molecule has 0 radical (unpaired) electrons. The first kappa shape index (κ1) is 22.4. The Bertz CT molecular complexity index is 1370. The number of esters is 1. The molecule has 2 heterocycles. The third-order valence-corrected chi connectivity index (χ3v) is 8.89. The highest BCUT2D eigenvalue weighted by Gasteiger charge is 2.67. The molecule has 8 heteroatoms. The van der Waals surface area contributed by atoms with E-state index in [4.69, 9.17) is 4.74 Å². The molecule has 2 aromatic rings. The highest BCUT2D eigenvalue weighted by atomic mass is 19.1. The van der Waals surface area contributed by atoms with Gasteiger partial charge >= 0.3 is 5.97 Å². The van der Waals surface area contributed by atoms with Crippen LogP contribution >= 0.6 is 0 Å². The maximum atomic E-state index is 13.4. The summed E-state index contributed by atoms with van der Waals surface area (Å²) in [5.41, 5.74) is 1.71. The number of ether oxygens (including phenoxy) is 1. The largest absolute Gasteiger partial charge is 0.426 e. The van der Waals surface area contributed by atoms with Gasteiger partial charge in [-0.1, -0.05) is 12.2 Å². The van der Waals surface area contributed by atoms with E-state index < -0.39 is 17.7 Å². The van der Waals surface area contributed by atoms with Gasteiger partial charge in [-0.3, -0.25) is 19.2 Å². The highest BCUT2D eigenvalue weighted by molar-refractivity contribution is 6.23. The van der Waals surface area contributed by atoms with Crippen LogP contribution < -0.4 is 14.5 Å². The summed E-state index contributed by atoms with van der Waals surface area (Å²) in [5, 5.41) is 0. The Morgan fingerprint density at radius 3 is 2.22 bits per heavy atom. The predicted octanol–water partition coefficient (Wildman–Crippen LogP) is 3.65. The van der Waals surface area contributed by atoms with E-state index in [0.29, 0.717) is 34.5 Å². The van der Waals surface area contributed by atoms with Gasteiger partial charge in [-0.15, -0.1) is 0 Å². The molecule has 37 heavy (non-hydrogen) atoms. The lowest BCUT2D eigenvalue weighted by Gasteiger charge is -2.37. The number of amides is 3. The van der Waals surface area contributed by atoms with Crippen LogP contribution in [0.4, 0.5) is 15.8 Å². The molecule has 6 aliphatic rings. The molecule has 7 atom stereocenters. The van der Waals surface area contributed by atoms with Crippen LogP contribution in [0.5, 0.6) is 5.75 Å². The Balaban J connectivity index is 1.06. The molecule has 7 nitrogen and oxygen atoms in total. The first-order chi connectivity index (χ1) is 17.8. The molecule has 0 unspecified atom stereocenters. The summed E-state index contributed by atoms with van der Waals surface area (Å²) in [5.74, 6) is -0.932. The fourth-order valence-electron chi connectivity index (χ4n) is 7.07. The van der Waals surface area contributed by atoms with Crippen molar-refractivity contribution in [2.24, 2.45) is 41.4 Å². The van der Waals surface area contributed by atoms with E-state index in [1.807, 2.05) is 0 Å². The number of anilines is 2. The Hall–Kier alpha value is -3.81. The molecule has 8 rings (SSSR count). The Morgan fingerprint density at radius 1 is 0.946 bits per heavy atom. The van der Waals surface area contributed by atoms with Crippen molar-refractivity contribution in [2.75, 3.05) is 16.3 Å². The van der Waals surface area contributed by atoms with Gasteiger partial charge in [-0.25, -0.2) is 9.29 Å². The van der Waals surface area contributed by atoms with E-state index in [-0.39, 0.29) is 54.4 Å². The van der Waals surface area contributed by atoms with Crippen molar-refractivity contribution in [2.45, 2.75) is 19.8 Å². The second-order valence-electron chi connectivity index (χ2n) is 10.9. The number of aryl methyl sites for hydroxylation is 1. The number of hydrogen-bond acceptors (Lipinski definition) is 5. The van der Waals surface area contributed by atoms with Gasteiger partial charge < -0.3 is 9.64 Å². The average molecular weight is 501 g/mol. The standard InChI is InChI=1S/C29H25FN2O5/c1-14-10-18(37-29(36)15-11-24(33)31(13-15)17-4-2-16(30)3-5-17)6-9-23(14)32-27(34)25-19-7-8-20(22-12-21(19)22)26(25)28(32)35/h2-10,15,19-22,25-26H,11-13H2,1H3/t15-,19+,20+,21+,22+,25-,26-/m1/s1. The van der Waals surface area contributed by atoms with Crippen molar-refractivity contribution >= 4 is 35.1 Å². The van der Waals surface area contributed by atoms with E-state index in [9.17, 15) is 23.6 Å².